The maximum Gasteiger partial charge on any atom is 0.396 e. The van der Waals surface area contributed by atoms with Crippen LogP contribution >= 0.6 is 0 Å². The Bertz CT molecular complexity index is 438. The summed E-state index contributed by atoms with van der Waals surface area (Å²) in [6.07, 6.45) is 0. The SMILES string of the molecule is COC(=O)C(=O)Nc1c(C)cccc1C(C)C. The van der Waals surface area contributed by atoms with Gasteiger partial charge in [0.2, 0.25) is 0 Å². The van der Waals surface area contributed by atoms with Gasteiger partial charge in [-0.15, -0.1) is 0 Å². The molecule has 1 aromatic carbocycles. The van der Waals surface area contributed by atoms with Gasteiger partial charge >= 0.3 is 11.9 Å². The first-order chi connectivity index (χ1) is 7.97. The zero-order valence-corrected chi connectivity index (χ0v) is 10.5. The van der Waals surface area contributed by atoms with Gasteiger partial charge in [-0.25, -0.2) is 4.79 Å². The quantitative estimate of drug-likeness (QED) is 0.631. The van der Waals surface area contributed by atoms with E-state index in [1.54, 1.807) is 0 Å². The minimum atomic E-state index is -0.886. The van der Waals surface area contributed by atoms with E-state index < -0.39 is 11.9 Å². The Morgan fingerprint density at radius 1 is 1.29 bits per heavy atom. The molecule has 0 atom stereocenters. The summed E-state index contributed by atoms with van der Waals surface area (Å²) in [5, 5.41) is 2.60. The molecule has 0 spiro atoms. The highest BCUT2D eigenvalue weighted by Gasteiger charge is 2.17. The van der Waals surface area contributed by atoms with E-state index in [1.165, 1.54) is 7.11 Å². The zero-order chi connectivity index (χ0) is 13.0. The van der Waals surface area contributed by atoms with Gasteiger partial charge in [0, 0.05) is 5.69 Å². The third kappa shape index (κ3) is 3.06. The number of nitrogens with one attached hydrogen (secondary N) is 1. The molecule has 17 heavy (non-hydrogen) atoms. The maximum atomic E-state index is 11.5. The van der Waals surface area contributed by atoms with Crippen LogP contribution in [-0.4, -0.2) is 19.0 Å². The molecule has 92 valence electrons. The topological polar surface area (TPSA) is 55.4 Å². The first-order valence-corrected chi connectivity index (χ1v) is 5.46. The van der Waals surface area contributed by atoms with Crippen LogP contribution in [0.25, 0.3) is 0 Å². The second kappa shape index (κ2) is 5.48. The number of esters is 1. The van der Waals surface area contributed by atoms with Crippen LogP contribution < -0.4 is 5.32 Å². The lowest BCUT2D eigenvalue weighted by molar-refractivity contribution is -0.150. The van der Waals surface area contributed by atoms with Crippen LogP contribution in [0.1, 0.15) is 30.9 Å². The predicted molar refractivity (Wildman–Crippen MR) is 65.9 cm³/mol. The van der Waals surface area contributed by atoms with Gasteiger partial charge in [0.25, 0.3) is 0 Å². The van der Waals surface area contributed by atoms with Crippen molar-refractivity contribution in [2.24, 2.45) is 0 Å². The highest BCUT2D eigenvalue weighted by atomic mass is 16.5. The minimum absolute atomic E-state index is 0.267. The van der Waals surface area contributed by atoms with Gasteiger partial charge in [0.15, 0.2) is 0 Å². The predicted octanol–water partition coefficient (Wildman–Crippen LogP) is 2.23. The molecule has 1 rings (SSSR count). The lowest BCUT2D eigenvalue weighted by Gasteiger charge is -2.15. The molecule has 1 N–H and O–H groups in total. The Morgan fingerprint density at radius 2 is 1.94 bits per heavy atom. The van der Waals surface area contributed by atoms with Crippen LogP contribution in [0.2, 0.25) is 0 Å². The summed E-state index contributed by atoms with van der Waals surface area (Å²) in [6, 6.07) is 5.75. The van der Waals surface area contributed by atoms with Gasteiger partial charge in [0.05, 0.1) is 7.11 Å². The molecule has 0 radical (unpaired) electrons. The third-order valence-electron chi connectivity index (χ3n) is 2.54. The number of aryl methyl sites for hydroxylation is 1. The molecule has 0 bridgehead atoms. The fourth-order valence-electron chi connectivity index (χ4n) is 1.60. The molecule has 0 heterocycles. The number of hydrogen-bond acceptors (Lipinski definition) is 3. The van der Waals surface area contributed by atoms with Gasteiger partial charge in [0.1, 0.15) is 0 Å². The van der Waals surface area contributed by atoms with Crippen LogP contribution in [0, 0.1) is 6.92 Å². The molecule has 4 heteroatoms. The number of amides is 1. The zero-order valence-electron chi connectivity index (χ0n) is 10.5. The van der Waals surface area contributed by atoms with Crippen molar-refractivity contribution >= 4 is 17.6 Å². The van der Waals surface area contributed by atoms with Gasteiger partial charge in [-0.05, 0) is 24.0 Å². The lowest BCUT2D eigenvalue weighted by atomic mass is 9.98. The van der Waals surface area contributed by atoms with Crippen molar-refractivity contribution in [3.63, 3.8) is 0 Å². The second-order valence-electron chi connectivity index (χ2n) is 4.14. The van der Waals surface area contributed by atoms with Crippen LogP contribution in [0.15, 0.2) is 18.2 Å². The standard InChI is InChI=1S/C13H17NO3/c1-8(2)10-7-5-6-9(3)11(10)14-12(15)13(16)17-4/h5-8H,1-4H3,(H,14,15). The molecule has 4 nitrogen and oxygen atoms in total. The Hall–Kier alpha value is -1.84. The first kappa shape index (κ1) is 13.2. The molecule has 0 saturated carbocycles. The van der Waals surface area contributed by atoms with Crippen molar-refractivity contribution in [3.8, 4) is 0 Å². The normalized spacial score (nSPS) is 10.2. The van der Waals surface area contributed by atoms with E-state index in [0.29, 0.717) is 5.69 Å². The van der Waals surface area contributed by atoms with Crippen LogP contribution in [-0.2, 0) is 14.3 Å². The Kier molecular flexibility index (Phi) is 4.26. The van der Waals surface area contributed by atoms with E-state index in [4.69, 9.17) is 0 Å². The van der Waals surface area contributed by atoms with E-state index in [1.807, 2.05) is 39.0 Å². The van der Waals surface area contributed by atoms with Gasteiger partial charge in [-0.3, -0.25) is 4.79 Å². The van der Waals surface area contributed by atoms with E-state index >= 15 is 0 Å². The molecular weight excluding hydrogens is 218 g/mol. The summed E-state index contributed by atoms with van der Waals surface area (Å²) in [6.45, 7) is 5.95. The molecule has 0 unspecified atom stereocenters. The second-order valence-corrected chi connectivity index (χ2v) is 4.14. The fourth-order valence-corrected chi connectivity index (χ4v) is 1.60. The summed E-state index contributed by atoms with van der Waals surface area (Å²) in [5.74, 6) is -1.37. The number of hydrogen-bond donors (Lipinski definition) is 1. The van der Waals surface area contributed by atoms with E-state index in [9.17, 15) is 9.59 Å². The molecule has 0 fully saturated rings. The average Bonchev–Trinajstić information content (AvgIpc) is 2.30. The molecule has 0 saturated heterocycles. The van der Waals surface area contributed by atoms with E-state index in [2.05, 4.69) is 10.1 Å². The Morgan fingerprint density at radius 3 is 2.47 bits per heavy atom. The van der Waals surface area contributed by atoms with Crippen LogP contribution in [0.5, 0.6) is 0 Å². The Labute approximate surface area is 101 Å². The summed E-state index contributed by atoms with van der Waals surface area (Å²) < 4.78 is 4.37. The lowest BCUT2D eigenvalue weighted by Crippen LogP contribution is -2.25. The molecule has 0 aliphatic carbocycles. The van der Waals surface area contributed by atoms with Gasteiger partial charge in [-0.1, -0.05) is 32.0 Å². The number of methoxy groups -OCH3 is 1. The monoisotopic (exact) mass is 235 g/mol. The Balaban J connectivity index is 3.05. The number of carbonyl (C=O) groups excluding carboxylic acids is 2. The summed E-state index contributed by atoms with van der Waals surface area (Å²) in [4.78, 5) is 22.6. The molecule has 0 aliphatic heterocycles. The average molecular weight is 235 g/mol. The summed E-state index contributed by atoms with van der Waals surface area (Å²) in [5.41, 5.74) is 2.62. The van der Waals surface area contributed by atoms with Crippen molar-refractivity contribution in [3.05, 3.63) is 29.3 Å². The molecular formula is C13H17NO3. The van der Waals surface area contributed by atoms with Gasteiger partial charge in [-0.2, -0.15) is 0 Å². The smallest absolute Gasteiger partial charge is 0.396 e. The molecule has 1 amide bonds. The summed E-state index contributed by atoms with van der Waals surface area (Å²) >= 11 is 0. The molecule has 1 aromatic rings. The number of carbonyl (C=O) groups is 2. The van der Waals surface area contributed by atoms with E-state index in [0.717, 1.165) is 11.1 Å². The number of benzene rings is 1. The highest BCUT2D eigenvalue weighted by Crippen LogP contribution is 2.27. The first-order valence-electron chi connectivity index (χ1n) is 5.46. The van der Waals surface area contributed by atoms with Crippen molar-refractivity contribution in [2.45, 2.75) is 26.7 Å². The molecule has 0 aromatic heterocycles. The number of ether oxygens (including phenoxy) is 1. The largest absolute Gasteiger partial charge is 0.462 e. The van der Waals surface area contributed by atoms with Crippen molar-refractivity contribution in [1.82, 2.24) is 0 Å². The van der Waals surface area contributed by atoms with E-state index in [-0.39, 0.29) is 5.92 Å². The van der Waals surface area contributed by atoms with Crippen molar-refractivity contribution in [1.29, 1.82) is 0 Å². The minimum Gasteiger partial charge on any atom is -0.462 e. The number of anilines is 1. The van der Waals surface area contributed by atoms with Crippen molar-refractivity contribution in [2.75, 3.05) is 12.4 Å². The summed E-state index contributed by atoms with van der Waals surface area (Å²) in [7, 11) is 1.18. The highest BCUT2D eigenvalue weighted by molar-refractivity contribution is 6.37. The maximum absolute atomic E-state index is 11.5. The van der Waals surface area contributed by atoms with Crippen LogP contribution in [0.3, 0.4) is 0 Å². The van der Waals surface area contributed by atoms with Gasteiger partial charge < -0.3 is 10.1 Å². The fraction of sp³-hybridized carbons (Fsp3) is 0.385. The van der Waals surface area contributed by atoms with Crippen LogP contribution in [0.4, 0.5) is 5.69 Å². The number of rotatable bonds is 2. The molecule has 0 aliphatic rings. The van der Waals surface area contributed by atoms with Crippen molar-refractivity contribution < 1.29 is 14.3 Å². The third-order valence-corrected chi connectivity index (χ3v) is 2.54. The number of para-hydroxylation sites is 1.